The van der Waals surface area contributed by atoms with Gasteiger partial charge in [0.05, 0.1) is 6.10 Å². The van der Waals surface area contributed by atoms with Crippen LogP contribution >= 0.6 is 0 Å². The van der Waals surface area contributed by atoms with Crippen molar-refractivity contribution in [3.8, 4) is 0 Å². The lowest BCUT2D eigenvalue weighted by molar-refractivity contribution is 0.0782. The van der Waals surface area contributed by atoms with Gasteiger partial charge in [-0.15, -0.1) is 0 Å². The van der Waals surface area contributed by atoms with E-state index in [1.165, 1.54) is 0 Å². The smallest absolute Gasteiger partial charge is 0.162 e. The Labute approximate surface area is 113 Å². The van der Waals surface area contributed by atoms with E-state index in [1.807, 2.05) is 7.05 Å². The highest BCUT2D eigenvalue weighted by Gasteiger charge is 2.33. The molecule has 1 heterocycles. The molecule has 1 N–H and O–H groups in total. The molecule has 0 spiro atoms. The molecule has 1 aliphatic heterocycles. The summed E-state index contributed by atoms with van der Waals surface area (Å²) in [5.41, 5.74) is 0.432. The molecule has 0 radical (unpaired) electrons. The van der Waals surface area contributed by atoms with Gasteiger partial charge in [-0.2, -0.15) is 0 Å². The molecule has 0 saturated carbocycles. The second-order valence-electron chi connectivity index (χ2n) is 5.08. The minimum atomic E-state index is -0.776. The van der Waals surface area contributed by atoms with Crippen molar-refractivity contribution >= 4 is 0 Å². The average Bonchev–Trinajstić information content (AvgIpc) is 2.88. The van der Waals surface area contributed by atoms with Gasteiger partial charge in [-0.3, -0.25) is 0 Å². The summed E-state index contributed by atoms with van der Waals surface area (Å²) in [5.74, 6) is -1.14. The second kappa shape index (κ2) is 6.44. The first kappa shape index (κ1) is 14.4. The van der Waals surface area contributed by atoms with Crippen molar-refractivity contribution in [2.45, 2.75) is 38.3 Å². The van der Waals surface area contributed by atoms with E-state index < -0.39 is 11.6 Å². The van der Waals surface area contributed by atoms with Crippen molar-refractivity contribution in [3.05, 3.63) is 35.4 Å². The van der Waals surface area contributed by atoms with Crippen LogP contribution in [-0.2, 0) is 11.2 Å². The fourth-order valence-electron chi connectivity index (χ4n) is 2.96. The quantitative estimate of drug-likeness (QED) is 0.887. The zero-order valence-electron chi connectivity index (χ0n) is 11.5. The summed E-state index contributed by atoms with van der Waals surface area (Å²) in [5, 5.41) is 3.23. The SMILES string of the molecule is CCC1OCCC1C(Cc1cccc(F)c1F)NC. The van der Waals surface area contributed by atoms with Gasteiger partial charge in [0.1, 0.15) is 0 Å². The van der Waals surface area contributed by atoms with Crippen LogP contribution in [0, 0.1) is 17.6 Å². The van der Waals surface area contributed by atoms with Crippen molar-refractivity contribution < 1.29 is 13.5 Å². The number of halogens is 2. The Morgan fingerprint density at radius 2 is 2.21 bits per heavy atom. The molecule has 0 amide bonds. The van der Waals surface area contributed by atoms with Gasteiger partial charge < -0.3 is 10.1 Å². The predicted octanol–water partition coefficient (Wildman–Crippen LogP) is 2.91. The van der Waals surface area contributed by atoms with Gasteiger partial charge in [-0.25, -0.2) is 8.78 Å². The van der Waals surface area contributed by atoms with Gasteiger partial charge in [-0.1, -0.05) is 19.1 Å². The highest BCUT2D eigenvalue weighted by molar-refractivity contribution is 5.20. The van der Waals surface area contributed by atoms with Gasteiger partial charge in [0.25, 0.3) is 0 Å². The Morgan fingerprint density at radius 3 is 2.89 bits per heavy atom. The summed E-state index contributed by atoms with van der Waals surface area (Å²) in [6.07, 6.45) is 2.63. The second-order valence-corrected chi connectivity index (χ2v) is 5.08. The van der Waals surface area contributed by atoms with Gasteiger partial charge in [0.2, 0.25) is 0 Å². The molecule has 1 aliphatic rings. The number of hydrogen-bond acceptors (Lipinski definition) is 2. The maximum absolute atomic E-state index is 13.7. The Bertz CT molecular complexity index is 425. The van der Waals surface area contributed by atoms with Crippen molar-refractivity contribution in [2.75, 3.05) is 13.7 Å². The summed E-state index contributed by atoms with van der Waals surface area (Å²) >= 11 is 0. The van der Waals surface area contributed by atoms with Crippen molar-refractivity contribution in [1.29, 1.82) is 0 Å². The van der Waals surface area contributed by atoms with Crippen LogP contribution in [0.15, 0.2) is 18.2 Å². The third kappa shape index (κ3) is 3.12. The Kier molecular flexibility index (Phi) is 4.88. The Balaban J connectivity index is 2.12. The van der Waals surface area contributed by atoms with Crippen LogP contribution in [-0.4, -0.2) is 25.8 Å². The molecule has 3 atom stereocenters. The van der Waals surface area contributed by atoms with Crippen LogP contribution in [0.4, 0.5) is 8.78 Å². The first-order valence-electron chi connectivity index (χ1n) is 6.89. The number of benzene rings is 1. The highest BCUT2D eigenvalue weighted by Crippen LogP contribution is 2.28. The number of ether oxygens (including phenoxy) is 1. The lowest BCUT2D eigenvalue weighted by Gasteiger charge is -2.27. The van der Waals surface area contributed by atoms with Crippen LogP contribution in [0.2, 0.25) is 0 Å². The average molecular weight is 269 g/mol. The lowest BCUT2D eigenvalue weighted by atomic mass is 9.87. The standard InChI is InChI=1S/C15H21F2NO/c1-3-14-11(7-8-19-14)13(18-2)9-10-5-4-6-12(16)15(10)17/h4-6,11,13-14,18H,3,7-9H2,1-2H3. The summed E-state index contributed by atoms with van der Waals surface area (Å²) in [4.78, 5) is 0. The van der Waals surface area contributed by atoms with E-state index in [2.05, 4.69) is 12.2 Å². The number of nitrogens with one attached hydrogen (secondary N) is 1. The molecule has 3 unspecified atom stereocenters. The summed E-state index contributed by atoms with van der Waals surface area (Å²) in [6.45, 7) is 2.85. The van der Waals surface area contributed by atoms with Gasteiger partial charge in [-0.05, 0) is 37.9 Å². The maximum atomic E-state index is 13.7. The van der Waals surface area contributed by atoms with Crippen molar-refractivity contribution in [2.24, 2.45) is 5.92 Å². The van der Waals surface area contributed by atoms with Crippen LogP contribution < -0.4 is 5.32 Å². The van der Waals surface area contributed by atoms with Gasteiger partial charge in [0.15, 0.2) is 11.6 Å². The van der Waals surface area contributed by atoms with Crippen LogP contribution in [0.1, 0.15) is 25.3 Å². The molecule has 0 aromatic heterocycles. The van der Waals surface area contributed by atoms with E-state index in [0.717, 1.165) is 25.5 Å². The van der Waals surface area contributed by atoms with E-state index in [-0.39, 0.29) is 12.1 Å². The Hall–Kier alpha value is -1.00. The minimum absolute atomic E-state index is 0.115. The summed E-state index contributed by atoms with van der Waals surface area (Å²) in [7, 11) is 1.87. The third-order valence-electron chi connectivity index (χ3n) is 4.02. The van der Waals surface area contributed by atoms with Crippen LogP contribution in [0.5, 0.6) is 0 Å². The largest absolute Gasteiger partial charge is 0.378 e. The Morgan fingerprint density at radius 1 is 1.42 bits per heavy atom. The fraction of sp³-hybridized carbons (Fsp3) is 0.600. The van der Waals surface area contributed by atoms with Crippen LogP contribution in [0.25, 0.3) is 0 Å². The summed E-state index contributed by atoms with van der Waals surface area (Å²) < 4.78 is 32.6. The molecule has 0 bridgehead atoms. The van der Waals surface area contributed by atoms with Crippen molar-refractivity contribution in [3.63, 3.8) is 0 Å². The topological polar surface area (TPSA) is 21.3 Å². The molecule has 4 heteroatoms. The number of hydrogen-bond donors (Lipinski definition) is 1. The molecule has 2 rings (SSSR count). The maximum Gasteiger partial charge on any atom is 0.162 e. The molecule has 1 aromatic carbocycles. The zero-order valence-corrected chi connectivity index (χ0v) is 11.5. The molecule has 106 valence electrons. The molecule has 0 aliphatic carbocycles. The monoisotopic (exact) mass is 269 g/mol. The molecule has 1 saturated heterocycles. The van der Waals surface area contributed by atoms with Crippen LogP contribution in [0.3, 0.4) is 0 Å². The van der Waals surface area contributed by atoms with E-state index >= 15 is 0 Å². The predicted molar refractivity (Wildman–Crippen MR) is 71.0 cm³/mol. The summed E-state index contributed by atoms with van der Waals surface area (Å²) in [6, 6.07) is 4.48. The van der Waals surface area contributed by atoms with Gasteiger partial charge >= 0.3 is 0 Å². The molecule has 1 aromatic rings. The van der Waals surface area contributed by atoms with E-state index in [4.69, 9.17) is 4.74 Å². The first-order valence-corrected chi connectivity index (χ1v) is 6.89. The normalized spacial score (nSPS) is 24.6. The minimum Gasteiger partial charge on any atom is -0.378 e. The molecule has 19 heavy (non-hydrogen) atoms. The van der Waals surface area contributed by atoms with E-state index in [0.29, 0.717) is 17.9 Å². The van der Waals surface area contributed by atoms with Crippen molar-refractivity contribution in [1.82, 2.24) is 5.32 Å². The third-order valence-corrected chi connectivity index (χ3v) is 4.02. The first-order chi connectivity index (χ1) is 9.17. The molecular formula is C15H21F2NO. The molecule has 2 nitrogen and oxygen atoms in total. The van der Waals surface area contributed by atoms with E-state index in [9.17, 15) is 8.78 Å². The number of rotatable bonds is 5. The molecule has 1 fully saturated rings. The number of likely N-dealkylation sites (N-methyl/N-ethyl adjacent to an activating group) is 1. The zero-order chi connectivity index (χ0) is 13.8. The highest BCUT2D eigenvalue weighted by atomic mass is 19.2. The fourth-order valence-corrected chi connectivity index (χ4v) is 2.96. The van der Waals surface area contributed by atoms with Gasteiger partial charge in [0, 0.05) is 18.6 Å². The molecular weight excluding hydrogens is 248 g/mol. The lowest BCUT2D eigenvalue weighted by Crippen LogP contribution is -2.39. The van der Waals surface area contributed by atoms with E-state index in [1.54, 1.807) is 12.1 Å².